The molecule has 1 amide bonds. The molecule has 0 aliphatic carbocycles. The van der Waals surface area contributed by atoms with Crippen LogP contribution >= 0.6 is 0 Å². The molecule has 2 N–H and O–H groups in total. The minimum atomic E-state index is -0.249. The molecule has 4 rings (SSSR count). The number of carbonyl (C=O) groups excluding carboxylic acids is 1. The van der Waals surface area contributed by atoms with Gasteiger partial charge in [-0.3, -0.25) is 4.79 Å². The van der Waals surface area contributed by atoms with Gasteiger partial charge in [0.05, 0.1) is 0 Å². The van der Waals surface area contributed by atoms with E-state index in [0.29, 0.717) is 29.8 Å². The lowest BCUT2D eigenvalue weighted by atomic mass is 10.0. The molecule has 1 aliphatic heterocycles. The van der Waals surface area contributed by atoms with E-state index in [2.05, 4.69) is 15.1 Å². The number of anilines is 1. The number of rotatable bonds is 5. The van der Waals surface area contributed by atoms with E-state index in [1.165, 1.54) is 0 Å². The normalized spacial score (nSPS) is 16.7. The first-order chi connectivity index (χ1) is 13.7. The molecule has 144 valence electrons. The molecule has 28 heavy (non-hydrogen) atoms. The Morgan fingerprint density at radius 1 is 1.25 bits per heavy atom. The molecule has 3 heterocycles. The van der Waals surface area contributed by atoms with Crippen LogP contribution in [-0.2, 0) is 4.79 Å². The number of nitrogens with two attached hydrogens (primary N) is 1. The number of likely N-dealkylation sites (tertiary alicyclic amines) is 1. The number of hydrogen-bond acceptors (Lipinski definition) is 7. The van der Waals surface area contributed by atoms with Gasteiger partial charge in [-0.2, -0.15) is 4.98 Å². The number of nitrogen functional groups attached to an aromatic ring is 1. The van der Waals surface area contributed by atoms with Gasteiger partial charge in [0.2, 0.25) is 11.7 Å². The molecule has 0 unspecified atom stereocenters. The number of ether oxygens (including phenoxy) is 1. The first-order valence-electron chi connectivity index (χ1n) is 9.23. The summed E-state index contributed by atoms with van der Waals surface area (Å²) in [6, 6.07) is 12.5. The average molecular weight is 379 g/mol. The molecular formula is C20H21N5O3. The Balaban J connectivity index is 1.48. The van der Waals surface area contributed by atoms with Crippen LogP contribution < -0.4 is 10.5 Å². The van der Waals surface area contributed by atoms with Crippen molar-refractivity contribution in [3.05, 3.63) is 54.6 Å². The fourth-order valence-corrected chi connectivity index (χ4v) is 3.31. The molecule has 0 spiro atoms. The number of hydrogen-bond donors (Lipinski definition) is 1. The second kappa shape index (κ2) is 8.08. The SMILES string of the molecule is Nc1cc(-c2noc([C@H]3CCCCN3C(=O)COc3ccccc3)n2)ccn1. The van der Waals surface area contributed by atoms with Crippen molar-refractivity contribution >= 4 is 11.7 Å². The van der Waals surface area contributed by atoms with Gasteiger partial charge in [0, 0.05) is 18.3 Å². The maximum Gasteiger partial charge on any atom is 0.261 e. The van der Waals surface area contributed by atoms with Crippen molar-refractivity contribution in [3.8, 4) is 17.1 Å². The Morgan fingerprint density at radius 3 is 2.93 bits per heavy atom. The van der Waals surface area contributed by atoms with Gasteiger partial charge in [-0.1, -0.05) is 23.4 Å². The third-order valence-corrected chi connectivity index (χ3v) is 4.69. The number of nitrogens with zero attached hydrogens (tertiary/aromatic N) is 4. The van der Waals surface area contributed by atoms with Gasteiger partial charge in [0.1, 0.15) is 17.6 Å². The zero-order valence-electron chi connectivity index (χ0n) is 15.3. The lowest BCUT2D eigenvalue weighted by molar-refractivity contribution is -0.138. The Hall–Kier alpha value is -3.42. The number of pyridine rings is 1. The first kappa shape index (κ1) is 18.0. The van der Waals surface area contributed by atoms with E-state index in [1.54, 1.807) is 23.2 Å². The molecule has 1 aliphatic rings. The van der Waals surface area contributed by atoms with Gasteiger partial charge in [0.25, 0.3) is 5.91 Å². The fourth-order valence-electron chi connectivity index (χ4n) is 3.31. The minimum Gasteiger partial charge on any atom is -0.484 e. The zero-order chi connectivity index (χ0) is 19.3. The standard InChI is InChI=1S/C20H21N5O3/c21-17-12-14(9-10-22-17)19-23-20(28-24-19)16-8-4-5-11-25(16)18(26)13-27-15-6-2-1-3-7-15/h1-3,6-7,9-10,12,16H,4-5,8,11,13H2,(H2,21,22)/t16-/m1/s1. The molecule has 8 nitrogen and oxygen atoms in total. The maximum absolute atomic E-state index is 12.8. The second-order valence-corrected chi connectivity index (χ2v) is 6.63. The molecule has 0 bridgehead atoms. The summed E-state index contributed by atoms with van der Waals surface area (Å²) in [5.41, 5.74) is 6.45. The molecule has 1 saturated heterocycles. The summed E-state index contributed by atoms with van der Waals surface area (Å²) in [5, 5.41) is 4.05. The van der Waals surface area contributed by atoms with E-state index in [1.807, 2.05) is 30.3 Å². The maximum atomic E-state index is 12.8. The Kier molecular flexibility index (Phi) is 5.18. The van der Waals surface area contributed by atoms with Crippen LogP contribution in [0.4, 0.5) is 5.82 Å². The third-order valence-electron chi connectivity index (χ3n) is 4.69. The van der Waals surface area contributed by atoms with Crippen molar-refractivity contribution < 1.29 is 14.1 Å². The van der Waals surface area contributed by atoms with Gasteiger partial charge in [-0.25, -0.2) is 4.98 Å². The largest absolute Gasteiger partial charge is 0.484 e. The van der Waals surface area contributed by atoms with Crippen molar-refractivity contribution in [1.29, 1.82) is 0 Å². The van der Waals surface area contributed by atoms with Crippen LogP contribution in [0, 0.1) is 0 Å². The van der Waals surface area contributed by atoms with E-state index < -0.39 is 0 Å². The van der Waals surface area contributed by atoms with Crippen molar-refractivity contribution in [2.24, 2.45) is 0 Å². The quantitative estimate of drug-likeness (QED) is 0.726. The average Bonchev–Trinajstić information content (AvgIpc) is 3.23. The highest BCUT2D eigenvalue weighted by atomic mass is 16.5. The molecule has 0 radical (unpaired) electrons. The molecule has 0 saturated carbocycles. The van der Waals surface area contributed by atoms with Crippen LogP contribution in [0.25, 0.3) is 11.4 Å². The number of carbonyl (C=O) groups is 1. The van der Waals surface area contributed by atoms with Gasteiger partial charge in [-0.15, -0.1) is 0 Å². The molecule has 8 heteroatoms. The Morgan fingerprint density at radius 2 is 2.11 bits per heavy atom. The van der Waals surface area contributed by atoms with E-state index in [4.69, 9.17) is 15.0 Å². The molecular weight excluding hydrogens is 358 g/mol. The summed E-state index contributed by atoms with van der Waals surface area (Å²) in [4.78, 5) is 23.0. The summed E-state index contributed by atoms with van der Waals surface area (Å²) in [7, 11) is 0. The molecule has 2 aromatic heterocycles. The minimum absolute atomic E-state index is 0.0254. The lowest BCUT2D eigenvalue weighted by Gasteiger charge is -2.33. The van der Waals surface area contributed by atoms with Crippen LogP contribution in [-0.4, -0.2) is 39.1 Å². The predicted octanol–water partition coefficient (Wildman–Crippen LogP) is 2.85. The molecule has 1 fully saturated rings. The van der Waals surface area contributed by atoms with Gasteiger partial charge < -0.3 is 19.9 Å². The third kappa shape index (κ3) is 3.95. The Labute approximate surface area is 162 Å². The van der Waals surface area contributed by atoms with Crippen LogP contribution in [0.3, 0.4) is 0 Å². The van der Waals surface area contributed by atoms with Gasteiger partial charge in [0.15, 0.2) is 6.61 Å². The second-order valence-electron chi connectivity index (χ2n) is 6.63. The highest BCUT2D eigenvalue weighted by molar-refractivity contribution is 5.78. The fraction of sp³-hybridized carbons (Fsp3) is 0.300. The van der Waals surface area contributed by atoms with Crippen molar-refractivity contribution in [3.63, 3.8) is 0 Å². The van der Waals surface area contributed by atoms with Crippen molar-refractivity contribution in [2.75, 3.05) is 18.9 Å². The zero-order valence-corrected chi connectivity index (χ0v) is 15.3. The van der Waals surface area contributed by atoms with Crippen molar-refractivity contribution in [1.82, 2.24) is 20.0 Å². The summed E-state index contributed by atoms with van der Waals surface area (Å²) < 4.78 is 11.1. The number of piperidine rings is 1. The number of benzene rings is 1. The van der Waals surface area contributed by atoms with Gasteiger partial charge >= 0.3 is 0 Å². The first-order valence-corrected chi connectivity index (χ1v) is 9.23. The highest BCUT2D eigenvalue weighted by Gasteiger charge is 2.32. The van der Waals surface area contributed by atoms with Crippen LogP contribution in [0.1, 0.15) is 31.2 Å². The Bertz CT molecular complexity index is 944. The number of para-hydroxylation sites is 1. The number of amides is 1. The summed E-state index contributed by atoms with van der Waals surface area (Å²) >= 11 is 0. The van der Waals surface area contributed by atoms with E-state index >= 15 is 0 Å². The smallest absolute Gasteiger partial charge is 0.261 e. The van der Waals surface area contributed by atoms with Crippen LogP contribution in [0.2, 0.25) is 0 Å². The topological polar surface area (TPSA) is 107 Å². The van der Waals surface area contributed by atoms with E-state index in [-0.39, 0.29) is 18.6 Å². The van der Waals surface area contributed by atoms with E-state index in [0.717, 1.165) is 24.8 Å². The summed E-state index contributed by atoms with van der Waals surface area (Å²) in [6.07, 6.45) is 4.30. The molecule has 1 atom stereocenters. The molecule has 1 aromatic carbocycles. The lowest BCUT2D eigenvalue weighted by Crippen LogP contribution is -2.41. The van der Waals surface area contributed by atoms with Crippen LogP contribution in [0.5, 0.6) is 5.75 Å². The van der Waals surface area contributed by atoms with Crippen LogP contribution in [0.15, 0.2) is 53.2 Å². The molecule has 3 aromatic rings. The summed E-state index contributed by atoms with van der Waals surface area (Å²) in [6.45, 7) is 0.615. The highest BCUT2D eigenvalue weighted by Crippen LogP contribution is 2.31. The van der Waals surface area contributed by atoms with Gasteiger partial charge in [-0.05, 0) is 43.5 Å². The summed E-state index contributed by atoms with van der Waals surface area (Å²) in [5.74, 6) is 1.82. The van der Waals surface area contributed by atoms with Crippen molar-refractivity contribution in [2.45, 2.75) is 25.3 Å². The number of aromatic nitrogens is 3. The predicted molar refractivity (Wildman–Crippen MR) is 102 cm³/mol. The van der Waals surface area contributed by atoms with E-state index in [9.17, 15) is 4.79 Å². The monoisotopic (exact) mass is 379 g/mol.